The van der Waals surface area contributed by atoms with E-state index >= 15 is 0 Å². The van der Waals surface area contributed by atoms with Crippen LogP contribution < -0.4 is 4.74 Å². The molecule has 1 aromatic carbocycles. The Morgan fingerprint density at radius 3 is 2.35 bits per heavy atom. The first kappa shape index (κ1) is 20.1. The minimum atomic E-state index is -0.633. The second-order valence-corrected chi connectivity index (χ2v) is 9.15. The first-order valence-corrected chi connectivity index (χ1v) is 10.9. The summed E-state index contributed by atoms with van der Waals surface area (Å²) in [5, 5.41) is 4.51. The Bertz CT molecular complexity index is 504. The summed E-state index contributed by atoms with van der Waals surface area (Å²) in [6.45, 7) is 8.06. The van der Waals surface area contributed by atoms with Gasteiger partial charge in [-0.1, -0.05) is 26.7 Å². The molecule has 128 valence electrons. The van der Waals surface area contributed by atoms with Crippen molar-refractivity contribution in [3.8, 4) is 5.75 Å². The number of nitrogens with zero attached hydrogens (tertiary/aromatic N) is 2. The highest BCUT2D eigenvalue weighted by Gasteiger charge is 2.24. The average molecular weight is 353 g/mol. The normalized spacial score (nSPS) is 14.6. The minimum Gasteiger partial charge on any atom is -0.491 e. The molecule has 3 atom stereocenters. The summed E-state index contributed by atoms with van der Waals surface area (Å²) < 4.78 is 7.81. The van der Waals surface area contributed by atoms with Crippen LogP contribution in [0.2, 0.25) is 0 Å². The van der Waals surface area contributed by atoms with Crippen molar-refractivity contribution in [2.45, 2.75) is 65.1 Å². The molecule has 0 heterocycles. The molecule has 0 saturated heterocycles. The summed E-state index contributed by atoms with van der Waals surface area (Å²) in [5.41, 5.74) is 1.59. The fraction of sp³-hybridized carbons (Fsp3) is 0.611. The predicted molar refractivity (Wildman–Crippen MR) is 105 cm³/mol. The highest BCUT2D eigenvalue weighted by atomic mass is 32.4. The van der Waals surface area contributed by atoms with Crippen molar-refractivity contribution in [3.63, 3.8) is 0 Å². The topological polar surface area (TPSA) is 24.8 Å². The third-order valence-electron chi connectivity index (χ3n) is 3.66. The van der Waals surface area contributed by atoms with Gasteiger partial charge in [-0.2, -0.15) is 0 Å². The van der Waals surface area contributed by atoms with Crippen molar-refractivity contribution >= 4 is 24.9 Å². The summed E-state index contributed by atoms with van der Waals surface area (Å²) >= 11 is 5.61. The maximum atomic E-state index is 5.86. The first-order valence-electron chi connectivity index (χ1n) is 8.48. The Hall–Kier alpha value is -0.990. The molecule has 0 N–H and O–H groups in total. The molecule has 5 heteroatoms. The molecular weight excluding hydrogens is 323 g/mol. The number of ether oxygens (including phenoxy) is 1. The molecule has 0 fully saturated rings. The van der Waals surface area contributed by atoms with Gasteiger partial charge in [0.05, 0.1) is 19.4 Å². The maximum Gasteiger partial charge on any atom is 0.313 e. The molecule has 3 unspecified atom stereocenters. The van der Waals surface area contributed by atoms with Crippen LogP contribution in [0.15, 0.2) is 29.4 Å². The summed E-state index contributed by atoms with van der Waals surface area (Å²) in [5.74, 6) is 0.915. The summed E-state index contributed by atoms with van der Waals surface area (Å²) in [6, 6.07) is 8.08. The zero-order valence-corrected chi connectivity index (χ0v) is 16.7. The van der Waals surface area contributed by atoms with Gasteiger partial charge in [-0.25, -0.2) is 0 Å². The molecule has 1 rings (SSSR count). The van der Waals surface area contributed by atoms with Gasteiger partial charge in [0.1, 0.15) is 5.75 Å². The Kier molecular flexibility index (Phi) is 9.35. The smallest absolute Gasteiger partial charge is 0.313 e. The molecule has 0 spiro atoms. The van der Waals surface area contributed by atoms with Crippen molar-refractivity contribution in [2.24, 2.45) is 5.10 Å². The minimum absolute atomic E-state index is 0.259. The van der Waals surface area contributed by atoms with Gasteiger partial charge in [0.2, 0.25) is 0 Å². The van der Waals surface area contributed by atoms with E-state index in [0.717, 1.165) is 30.6 Å². The zero-order valence-electron chi connectivity index (χ0n) is 15.0. The Morgan fingerprint density at radius 1 is 1.17 bits per heavy atom. The summed E-state index contributed by atoms with van der Waals surface area (Å²) in [6.07, 6.45) is 6.68. The molecule has 1 aromatic rings. The molecule has 0 radical (unpaired) electrons. The van der Waals surface area contributed by atoms with E-state index in [2.05, 4.69) is 32.8 Å². The molecule has 0 bridgehead atoms. The Morgan fingerprint density at radius 2 is 1.78 bits per heavy atom. The van der Waals surface area contributed by atoms with E-state index in [9.17, 15) is 0 Å². The molecule has 0 amide bonds. The predicted octanol–water partition coefficient (Wildman–Crippen LogP) is 5.57. The third-order valence-corrected chi connectivity index (χ3v) is 7.13. The number of hydrazone groups is 1. The monoisotopic (exact) mass is 353 g/mol. The van der Waals surface area contributed by atoms with Crippen LogP contribution in [-0.4, -0.2) is 29.8 Å². The van der Waals surface area contributed by atoms with Crippen LogP contribution in [0.1, 0.15) is 58.9 Å². The van der Waals surface area contributed by atoms with Crippen molar-refractivity contribution in [1.29, 1.82) is 0 Å². The SMILES string of the molecule is CCCC(C)Oc1ccc(/C=N/N(C)[P+](=S)C(C)CCC)cc1. The molecule has 3 nitrogen and oxygen atoms in total. The second kappa shape index (κ2) is 10.7. The van der Waals surface area contributed by atoms with Crippen LogP contribution in [0.5, 0.6) is 5.75 Å². The van der Waals surface area contributed by atoms with Gasteiger partial charge in [0.25, 0.3) is 0 Å². The highest BCUT2D eigenvalue weighted by molar-refractivity contribution is 8.04. The second-order valence-electron chi connectivity index (χ2n) is 5.96. The van der Waals surface area contributed by atoms with Crippen molar-refractivity contribution in [2.75, 3.05) is 7.05 Å². The molecule has 0 saturated carbocycles. The fourth-order valence-electron chi connectivity index (χ4n) is 2.34. The average Bonchev–Trinajstić information content (AvgIpc) is 2.53. The molecule has 0 aliphatic heterocycles. The van der Waals surface area contributed by atoms with Gasteiger partial charge in [-0.3, -0.25) is 0 Å². The lowest BCUT2D eigenvalue weighted by Crippen LogP contribution is -2.10. The maximum absolute atomic E-state index is 5.86. The lowest BCUT2D eigenvalue weighted by molar-refractivity contribution is 0.210. The van der Waals surface area contributed by atoms with E-state index in [-0.39, 0.29) is 6.10 Å². The van der Waals surface area contributed by atoms with Gasteiger partial charge in [0, 0.05) is 0 Å². The van der Waals surface area contributed by atoms with E-state index < -0.39 is 6.85 Å². The van der Waals surface area contributed by atoms with E-state index in [0.29, 0.717) is 5.66 Å². The number of benzene rings is 1. The van der Waals surface area contributed by atoms with Crippen LogP contribution in [0, 0.1) is 0 Å². The number of hydrogen-bond donors (Lipinski definition) is 0. The van der Waals surface area contributed by atoms with Crippen LogP contribution in [0.4, 0.5) is 0 Å². The van der Waals surface area contributed by atoms with Crippen molar-refractivity contribution in [3.05, 3.63) is 29.8 Å². The lowest BCUT2D eigenvalue weighted by atomic mass is 10.2. The number of hydrogen-bond acceptors (Lipinski definition) is 3. The van der Waals surface area contributed by atoms with Gasteiger partial charge in [-0.05, 0) is 56.5 Å². The fourth-order valence-corrected chi connectivity index (χ4v) is 3.99. The van der Waals surface area contributed by atoms with E-state index in [4.69, 9.17) is 16.5 Å². The molecular formula is C18H30N2OPS+. The summed E-state index contributed by atoms with van der Waals surface area (Å²) in [7, 11) is 1.98. The quantitative estimate of drug-likeness (QED) is 0.312. The van der Waals surface area contributed by atoms with Crippen molar-refractivity contribution in [1.82, 2.24) is 4.78 Å². The first-order chi connectivity index (χ1) is 11.0. The van der Waals surface area contributed by atoms with Gasteiger partial charge in [-0.15, -0.1) is 9.88 Å². The molecule has 0 aliphatic rings. The largest absolute Gasteiger partial charge is 0.491 e. The van der Waals surface area contributed by atoms with E-state index in [1.807, 2.05) is 42.3 Å². The number of rotatable bonds is 10. The molecule has 0 aromatic heterocycles. The van der Waals surface area contributed by atoms with Crippen LogP contribution in [-0.2, 0) is 11.8 Å². The standard InChI is InChI=1S/C18H30N2OPS/c1-6-8-15(3)21-18-12-10-17(11-13-18)14-19-20(5)22(23)16(4)9-7-2/h10-16H,6-9H2,1-5H3/q+1/b19-14+. The van der Waals surface area contributed by atoms with Gasteiger partial charge >= 0.3 is 6.85 Å². The summed E-state index contributed by atoms with van der Waals surface area (Å²) in [4.78, 5) is 0. The lowest BCUT2D eigenvalue weighted by Gasteiger charge is -2.13. The molecule has 23 heavy (non-hydrogen) atoms. The Labute approximate surface area is 147 Å². The Balaban J connectivity index is 2.58. The highest BCUT2D eigenvalue weighted by Crippen LogP contribution is 2.34. The van der Waals surface area contributed by atoms with Crippen LogP contribution >= 0.6 is 6.85 Å². The van der Waals surface area contributed by atoms with E-state index in [1.165, 1.54) is 6.42 Å². The molecule has 0 aliphatic carbocycles. The van der Waals surface area contributed by atoms with Gasteiger partial charge in [0.15, 0.2) is 17.5 Å². The van der Waals surface area contributed by atoms with Crippen LogP contribution in [0.25, 0.3) is 0 Å². The third kappa shape index (κ3) is 7.41. The van der Waals surface area contributed by atoms with Crippen LogP contribution in [0.3, 0.4) is 0 Å². The van der Waals surface area contributed by atoms with Gasteiger partial charge < -0.3 is 4.74 Å². The van der Waals surface area contributed by atoms with E-state index in [1.54, 1.807) is 0 Å². The zero-order chi connectivity index (χ0) is 17.2. The van der Waals surface area contributed by atoms with Crippen molar-refractivity contribution < 1.29 is 4.74 Å².